The summed E-state index contributed by atoms with van der Waals surface area (Å²) in [5.41, 5.74) is -2.11. The number of methoxy groups -OCH3 is 1. The second-order valence-electron chi connectivity index (χ2n) is 8.26. The average Bonchev–Trinajstić information content (AvgIpc) is 2.43. The number of fused-ring (bicyclic) bond motifs is 1. The molecule has 0 amide bonds. The van der Waals surface area contributed by atoms with Crippen molar-refractivity contribution in [1.29, 1.82) is 0 Å². The van der Waals surface area contributed by atoms with Crippen molar-refractivity contribution < 1.29 is 28.2 Å². The van der Waals surface area contributed by atoms with Gasteiger partial charge in [0.2, 0.25) is 8.32 Å². The Kier molecular flexibility index (Phi) is 5.52. The van der Waals surface area contributed by atoms with Crippen LogP contribution >= 0.6 is 0 Å². The lowest BCUT2D eigenvalue weighted by Gasteiger charge is -2.51. The summed E-state index contributed by atoms with van der Waals surface area (Å²) >= 11 is 0. The first-order valence-electron chi connectivity index (χ1n) is 8.77. The van der Waals surface area contributed by atoms with E-state index in [0.717, 1.165) is 5.76 Å². The molecule has 1 aliphatic carbocycles. The van der Waals surface area contributed by atoms with Gasteiger partial charge in [-0.05, 0) is 46.5 Å². The van der Waals surface area contributed by atoms with Gasteiger partial charge in [0.25, 0.3) is 0 Å². The average molecular weight is 371 g/mol. The molecule has 142 valence electrons. The van der Waals surface area contributed by atoms with Crippen LogP contribution in [0.25, 0.3) is 0 Å². The second kappa shape index (κ2) is 6.85. The third-order valence-electron chi connectivity index (χ3n) is 4.49. The van der Waals surface area contributed by atoms with Gasteiger partial charge in [-0.2, -0.15) is 0 Å². The quantitative estimate of drug-likeness (QED) is 0.421. The Morgan fingerprint density at radius 1 is 1.36 bits per heavy atom. The number of Topliss-reactive ketones (excluding diaryl/α,β-unsaturated/α-hetero) is 1. The van der Waals surface area contributed by atoms with E-state index in [-0.39, 0.29) is 18.8 Å². The molecule has 0 radical (unpaired) electrons. The standard InChI is InChI=1S/C18H30O6Si/c1-8-22-16(20)18-13(19)11-17(2,3)23-15(18)10-12(9-14(18)21-4)24-25(5,6)7/h9,14-15H,8,10-11H2,1-7H3/t14?,15?,18-/m1/s1. The molecule has 0 aromatic carbocycles. The summed E-state index contributed by atoms with van der Waals surface area (Å²) in [6, 6.07) is 0. The molecule has 1 heterocycles. The van der Waals surface area contributed by atoms with Crippen molar-refractivity contribution >= 4 is 20.1 Å². The topological polar surface area (TPSA) is 71.1 Å². The van der Waals surface area contributed by atoms with Crippen LogP contribution < -0.4 is 0 Å². The molecule has 2 unspecified atom stereocenters. The maximum atomic E-state index is 13.1. The normalized spacial score (nSPS) is 31.8. The van der Waals surface area contributed by atoms with Crippen LogP contribution in [0.1, 0.15) is 33.6 Å². The Bertz CT molecular complexity index is 577. The number of hydrogen-bond acceptors (Lipinski definition) is 6. The molecule has 1 aliphatic heterocycles. The van der Waals surface area contributed by atoms with Crippen molar-refractivity contribution in [2.45, 2.75) is 71.1 Å². The fraction of sp³-hybridized carbons (Fsp3) is 0.778. The molecule has 6 nitrogen and oxygen atoms in total. The van der Waals surface area contributed by atoms with Gasteiger partial charge < -0.3 is 18.6 Å². The minimum atomic E-state index is -1.84. The number of carbonyl (C=O) groups excluding carboxylic acids is 2. The molecule has 25 heavy (non-hydrogen) atoms. The molecule has 0 aromatic heterocycles. The molecule has 0 aromatic rings. The molecule has 0 saturated carbocycles. The summed E-state index contributed by atoms with van der Waals surface area (Å²) < 4.78 is 23.2. The summed E-state index contributed by atoms with van der Waals surface area (Å²) in [7, 11) is -0.354. The Balaban J connectivity index is 2.52. The Morgan fingerprint density at radius 3 is 2.52 bits per heavy atom. The van der Waals surface area contributed by atoms with E-state index in [2.05, 4.69) is 19.6 Å². The number of ether oxygens (including phenoxy) is 3. The van der Waals surface area contributed by atoms with E-state index >= 15 is 0 Å². The van der Waals surface area contributed by atoms with Gasteiger partial charge in [0.15, 0.2) is 11.2 Å². The minimum absolute atomic E-state index is 0.139. The second-order valence-corrected chi connectivity index (χ2v) is 12.7. The fourth-order valence-electron chi connectivity index (χ4n) is 3.66. The molecule has 2 aliphatic rings. The predicted octanol–water partition coefficient (Wildman–Crippen LogP) is 2.83. The molecule has 0 bridgehead atoms. The van der Waals surface area contributed by atoms with E-state index in [0.29, 0.717) is 6.42 Å². The summed E-state index contributed by atoms with van der Waals surface area (Å²) in [4.78, 5) is 26.0. The maximum Gasteiger partial charge on any atom is 0.325 e. The zero-order chi connectivity index (χ0) is 19.0. The Labute approximate surface area is 151 Å². The number of ketones is 1. The number of rotatable bonds is 5. The van der Waals surface area contributed by atoms with E-state index in [9.17, 15) is 9.59 Å². The molecule has 2 rings (SSSR count). The van der Waals surface area contributed by atoms with Gasteiger partial charge in [-0.3, -0.25) is 9.59 Å². The van der Waals surface area contributed by atoms with E-state index in [1.165, 1.54) is 7.11 Å². The zero-order valence-electron chi connectivity index (χ0n) is 16.3. The van der Waals surface area contributed by atoms with Crippen LogP contribution in [0.2, 0.25) is 19.6 Å². The summed E-state index contributed by atoms with van der Waals surface area (Å²) in [5, 5.41) is 0. The first kappa shape index (κ1) is 20.1. The number of hydrogen-bond donors (Lipinski definition) is 0. The molecular weight excluding hydrogens is 340 g/mol. The lowest BCUT2D eigenvalue weighted by Crippen LogP contribution is -2.65. The Hall–Kier alpha value is -1.18. The molecule has 1 saturated heterocycles. The van der Waals surface area contributed by atoms with E-state index in [1.54, 1.807) is 13.0 Å². The maximum absolute atomic E-state index is 13.1. The van der Waals surface area contributed by atoms with Crippen molar-refractivity contribution in [3.05, 3.63) is 11.8 Å². The van der Waals surface area contributed by atoms with Crippen molar-refractivity contribution in [3.63, 3.8) is 0 Å². The third kappa shape index (κ3) is 3.83. The van der Waals surface area contributed by atoms with Gasteiger partial charge in [0.1, 0.15) is 6.10 Å². The van der Waals surface area contributed by atoms with Crippen LogP contribution in [0.15, 0.2) is 11.8 Å². The van der Waals surface area contributed by atoms with Crippen LogP contribution in [0.4, 0.5) is 0 Å². The molecule has 1 fully saturated rings. The summed E-state index contributed by atoms with van der Waals surface area (Å²) in [5.74, 6) is -0.0422. The number of esters is 1. The monoisotopic (exact) mass is 370 g/mol. The lowest BCUT2D eigenvalue weighted by atomic mass is 9.64. The van der Waals surface area contributed by atoms with Gasteiger partial charge in [0.05, 0.1) is 24.1 Å². The minimum Gasteiger partial charge on any atom is -0.547 e. The molecule has 3 atom stereocenters. The van der Waals surface area contributed by atoms with Crippen molar-refractivity contribution in [2.75, 3.05) is 13.7 Å². The highest BCUT2D eigenvalue weighted by molar-refractivity contribution is 6.70. The van der Waals surface area contributed by atoms with Crippen molar-refractivity contribution in [3.8, 4) is 0 Å². The largest absolute Gasteiger partial charge is 0.547 e. The highest BCUT2D eigenvalue weighted by atomic mass is 28.4. The van der Waals surface area contributed by atoms with Gasteiger partial charge >= 0.3 is 5.97 Å². The van der Waals surface area contributed by atoms with Crippen LogP contribution in [0, 0.1) is 5.41 Å². The smallest absolute Gasteiger partial charge is 0.325 e. The Morgan fingerprint density at radius 2 is 2.00 bits per heavy atom. The van der Waals surface area contributed by atoms with Gasteiger partial charge in [-0.15, -0.1) is 0 Å². The first-order valence-corrected chi connectivity index (χ1v) is 12.2. The SMILES string of the molecule is CCOC(=O)[C@@]12C(=O)CC(C)(C)OC1CC(O[Si](C)(C)C)=CC2OC. The fourth-order valence-corrected chi connectivity index (χ4v) is 4.60. The van der Waals surface area contributed by atoms with Crippen LogP contribution in [0.5, 0.6) is 0 Å². The molecule has 7 heteroatoms. The zero-order valence-corrected chi connectivity index (χ0v) is 17.3. The van der Waals surface area contributed by atoms with Gasteiger partial charge in [-0.25, -0.2) is 0 Å². The highest BCUT2D eigenvalue weighted by Gasteiger charge is 2.65. The van der Waals surface area contributed by atoms with E-state index in [1.807, 2.05) is 13.8 Å². The van der Waals surface area contributed by atoms with Crippen LogP contribution in [0.3, 0.4) is 0 Å². The van der Waals surface area contributed by atoms with Crippen molar-refractivity contribution in [2.24, 2.45) is 5.41 Å². The van der Waals surface area contributed by atoms with Crippen LogP contribution in [-0.4, -0.2) is 51.6 Å². The third-order valence-corrected chi connectivity index (χ3v) is 5.37. The molecule has 0 spiro atoms. The molecule has 0 N–H and O–H groups in total. The van der Waals surface area contributed by atoms with E-state index in [4.69, 9.17) is 18.6 Å². The van der Waals surface area contributed by atoms with Crippen LogP contribution in [-0.2, 0) is 28.2 Å². The van der Waals surface area contributed by atoms with Crippen molar-refractivity contribution in [1.82, 2.24) is 0 Å². The van der Waals surface area contributed by atoms with Gasteiger partial charge in [-0.1, -0.05) is 0 Å². The predicted molar refractivity (Wildman–Crippen MR) is 95.6 cm³/mol. The van der Waals surface area contributed by atoms with E-state index < -0.39 is 37.5 Å². The highest BCUT2D eigenvalue weighted by Crippen LogP contribution is 2.48. The lowest BCUT2D eigenvalue weighted by molar-refractivity contribution is -0.215. The molecular formula is C18H30O6Si. The first-order chi connectivity index (χ1) is 11.5. The van der Waals surface area contributed by atoms with Gasteiger partial charge in [0, 0.05) is 20.0 Å². The summed E-state index contributed by atoms with van der Waals surface area (Å²) in [6.07, 6.45) is 0.827. The summed E-state index contributed by atoms with van der Waals surface area (Å²) in [6.45, 7) is 11.9. The number of carbonyl (C=O) groups is 2.